The van der Waals surface area contributed by atoms with Crippen molar-refractivity contribution in [2.24, 2.45) is 5.73 Å². The lowest BCUT2D eigenvalue weighted by molar-refractivity contribution is -0.133. The molecule has 0 fully saturated rings. The van der Waals surface area contributed by atoms with Crippen LogP contribution in [0, 0.1) is 6.92 Å². The van der Waals surface area contributed by atoms with E-state index in [-0.39, 0.29) is 23.4 Å². The van der Waals surface area contributed by atoms with Gasteiger partial charge in [-0.2, -0.15) is 0 Å². The number of carbonyl (C=O) groups is 3. The summed E-state index contributed by atoms with van der Waals surface area (Å²) in [7, 11) is 1.27. The Morgan fingerprint density at radius 2 is 1.94 bits per heavy atom. The number of halogens is 1. The molecule has 0 spiro atoms. The van der Waals surface area contributed by atoms with E-state index >= 15 is 0 Å². The fourth-order valence-electron chi connectivity index (χ4n) is 3.12. The predicted molar refractivity (Wildman–Crippen MR) is 113 cm³/mol. The quantitative estimate of drug-likeness (QED) is 0.379. The molecule has 1 amide bonds. The first-order valence-corrected chi connectivity index (χ1v) is 10.1. The van der Waals surface area contributed by atoms with Gasteiger partial charge in [0.05, 0.1) is 12.2 Å². The van der Waals surface area contributed by atoms with Gasteiger partial charge in [-0.1, -0.05) is 33.2 Å². The molecule has 0 aliphatic rings. The van der Waals surface area contributed by atoms with Crippen LogP contribution in [0.1, 0.15) is 45.3 Å². The summed E-state index contributed by atoms with van der Waals surface area (Å²) in [5, 5.41) is 4.03. The maximum absolute atomic E-state index is 13.4. The lowest BCUT2D eigenvalue weighted by Crippen LogP contribution is -2.29. The van der Waals surface area contributed by atoms with Crippen molar-refractivity contribution in [1.29, 1.82) is 0 Å². The Balaban J connectivity index is 2.11. The van der Waals surface area contributed by atoms with Crippen LogP contribution in [-0.4, -0.2) is 41.1 Å². The summed E-state index contributed by atoms with van der Waals surface area (Å²) in [6.07, 6.45) is 0.0289. The maximum atomic E-state index is 13.4. The number of primary amides is 1. The Hall–Kier alpha value is -3.24. The Kier molecular flexibility index (Phi) is 6.71. The smallest absolute Gasteiger partial charge is 0.355 e. The van der Waals surface area contributed by atoms with E-state index in [4.69, 9.17) is 19.7 Å². The van der Waals surface area contributed by atoms with Crippen molar-refractivity contribution >= 4 is 33.6 Å². The van der Waals surface area contributed by atoms with Crippen LogP contribution in [0.5, 0.6) is 0 Å². The van der Waals surface area contributed by atoms with E-state index in [1.54, 1.807) is 26.0 Å². The van der Waals surface area contributed by atoms with Gasteiger partial charge in [-0.05, 0) is 32.0 Å². The molecule has 2 aromatic heterocycles. The number of amides is 1. The van der Waals surface area contributed by atoms with E-state index < -0.39 is 23.9 Å². The fourth-order valence-corrected chi connectivity index (χ4v) is 3.39. The summed E-state index contributed by atoms with van der Waals surface area (Å²) >= 11 is 3.37. The number of nitrogens with two attached hydrogens (primary N) is 1. The second-order valence-electron chi connectivity index (χ2n) is 6.53. The first kappa shape index (κ1) is 22.4. The summed E-state index contributed by atoms with van der Waals surface area (Å²) in [5.41, 5.74) is 6.74. The molecule has 3 rings (SSSR count). The molecule has 0 radical (unpaired) electrons. The summed E-state index contributed by atoms with van der Waals surface area (Å²) in [4.78, 5) is 37.6. The van der Waals surface area contributed by atoms with Gasteiger partial charge in [0.15, 0.2) is 5.78 Å². The SMILES string of the molecule is CCOC(=O)c1cc(C(=O)c2c(-c3ccc(Br)cc3)noc2C)cn1C(OC)C(N)=O. The summed E-state index contributed by atoms with van der Waals surface area (Å²) in [5.74, 6) is -1.69. The molecule has 3 aromatic rings. The fraction of sp³-hybridized carbons (Fsp3) is 0.238. The van der Waals surface area contributed by atoms with Crippen molar-refractivity contribution in [3.63, 3.8) is 0 Å². The standard InChI is InChI=1S/C21H20BrN3O6/c1-4-30-21(28)15-9-13(10-25(15)20(29-3)19(23)27)18(26)16-11(2)31-24-17(16)12-5-7-14(22)8-6-12/h5-10,20H,4H2,1-3H3,(H2,23,27). The number of aromatic nitrogens is 2. The third-order valence-corrected chi connectivity index (χ3v) is 5.05. The molecule has 0 aliphatic carbocycles. The van der Waals surface area contributed by atoms with Gasteiger partial charge >= 0.3 is 5.97 Å². The van der Waals surface area contributed by atoms with Gasteiger partial charge in [-0.15, -0.1) is 0 Å². The topological polar surface area (TPSA) is 127 Å². The molecule has 2 heterocycles. The lowest BCUT2D eigenvalue weighted by atomic mass is 9.99. The molecular weight excluding hydrogens is 470 g/mol. The largest absolute Gasteiger partial charge is 0.461 e. The number of benzene rings is 1. The second kappa shape index (κ2) is 9.27. The molecule has 1 unspecified atom stereocenters. The summed E-state index contributed by atoms with van der Waals surface area (Å²) in [6, 6.07) is 8.55. The maximum Gasteiger partial charge on any atom is 0.355 e. The average Bonchev–Trinajstić information content (AvgIpc) is 3.33. The predicted octanol–water partition coefficient (Wildman–Crippen LogP) is 3.25. The van der Waals surface area contributed by atoms with Crippen molar-refractivity contribution < 1.29 is 28.4 Å². The van der Waals surface area contributed by atoms with Gasteiger partial charge in [-0.25, -0.2) is 4.79 Å². The summed E-state index contributed by atoms with van der Waals surface area (Å²) in [6.45, 7) is 3.37. The molecule has 0 saturated carbocycles. The molecule has 2 N–H and O–H groups in total. The number of esters is 1. The molecule has 162 valence electrons. The van der Waals surface area contributed by atoms with Crippen LogP contribution in [-0.2, 0) is 14.3 Å². The minimum absolute atomic E-state index is 0.0462. The molecule has 1 atom stereocenters. The number of carbonyl (C=O) groups excluding carboxylic acids is 3. The van der Waals surface area contributed by atoms with Crippen LogP contribution in [0.15, 0.2) is 45.5 Å². The van der Waals surface area contributed by atoms with E-state index in [0.717, 1.165) is 4.47 Å². The molecule has 1 aromatic carbocycles. The minimum Gasteiger partial charge on any atom is -0.461 e. The van der Waals surface area contributed by atoms with E-state index in [1.165, 1.54) is 23.9 Å². The van der Waals surface area contributed by atoms with Crippen molar-refractivity contribution in [2.45, 2.75) is 20.1 Å². The van der Waals surface area contributed by atoms with Gasteiger partial charge in [0, 0.05) is 28.9 Å². The van der Waals surface area contributed by atoms with Crippen LogP contribution in [0.25, 0.3) is 11.3 Å². The van der Waals surface area contributed by atoms with Gasteiger partial charge in [-0.3, -0.25) is 9.59 Å². The van der Waals surface area contributed by atoms with Crippen LogP contribution < -0.4 is 5.73 Å². The zero-order valence-corrected chi connectivity index (χ0v) is 18.6. The third-order valence-electron chi connectivity index (χ3n) is 4.52. The van der Waals surface area contributed by atoms with Crippen LogP contribution >= 0.6 is 15.9 Å². The molecule has 31 heavy (non-hydrogen) atoms. The third kappa shape index (κ3) is 4.44. The van der Waals surface area contributed by atoms with Crippen LogP contribution in [0.4, 0.5) is 0 Å². The van der Waals surface area contributed by atoms with Crippen LogP contribution in [0.3, 0.4) is 0 Å². The number of aryl methyl sites for hydroxylation is 1. The monoisotopic (exact) mass is 489 g/mol. The Morgan fingerprint density at radius 3 is 2.52 bits per heavy atom. The minimum atomic E-state index is -1.30. The normalized spacial score (nSPS) is 11.9. The van der Waals surface area contributed by atoms with Crippen molar-refractivity contribution in [2.75, 3.05) is 13.7 Å². The highest BCUT2D eigenvalue weighted by molar-refractivity contribution is 9.10. The van der Waals surface area contributed by atoms with E-state index in [9.17, 15) is 14.4 Å². The highest BCUT2D eigenvalue weighted by Gasteiger charge is 2.29. The average molecular weight is 490 g/mol. The van der Waals surface area contributed by atoms with Gasteiger partial charge in [0.1, 0.15) is 17.1 Å². The molecule has 0 aliphatic heterocycles. The lowest BCUT2D eigenvalue weighted by Gasteiger charge is -2.16. The second-order valence-corrected chi connectivity index (χ2v) is 7.45. The first-order chi connectivity index (χ1) is 14.8. The number of ether oxygens (including phenoxy) is 2. The molecule has 10 heteroatoms. The number of rotatable bonds is 8. The number of hydrogen-bond donors (Lipinski definition) is 1. The molecule has 0 saturated heterocycles. The molecular formula is C21H20BrN3O6. The Morgan fingerprint density at radius 1 is 1.26 bits per heavy atom. The molecule has 0 bridgehead atoms. The number of methoxy groups -OCH3 is 1. The van der Waals surface area contributed by atoms with Gasteiger partial charge in [0.25, 0.3) is 5.91 Å². The van der Waals surface area contributed by atoms with Crippen molar-refractivity contribution in [3.05, 3.63) is 63.6 Å². The highest BCUT2D eigenvalue weighted by atomic mass is 79.9. The summed E-state index contributed by atoms with van der Waals surface area (Å²) < 4.78 is 17.5. The number of nitrogens with zero attached hydrogens (tertiary/aromatic N) is 2. The van der Waals surface area contributed by atoms with Gasteiger partial charge < -0.3 is 24.3 Å². The zero-order chi connectivity index (χ0) is 22.7. The number of ketones is 1. The zero-order valence-electron chi connectivity index (χ0n) is 17.0. The van der Waals surface area contributed by atoms with Crippen LogP contribution in [0.2, 0.25) is 0 Å². The molecule has 9 nitrogen and oxygen atoms in total. The highest BCUT2D eigenvalue weighted by Crippen LogP contribution is 2.29. The van der Waals surface area contributed by atoms with Crippen molar-refractivity contribution in [1.82, 2.24) is 9.72 Å². The van der Waals surface area contributed by atoms with E-state index in [0.29, 0.717) is 17.0 Å². The van der Waals surface area contributed by atoms with E-state index in [2.05, 4.69) is 21.1 Å². The Labute approximate surface area is 186 Å². The van der Waals surface area contributed by atoms with Gasteiger partial charge in [0.2, 0.25) is 6.23 Å². The first-order valence-electron chi connectivity index (χ1n) is 9.26. The van der Waals surface area contributed by atoms with Crippen molar-refractivity contribution in [3.8, 4) is 11.3 Å². The van der Waals surface area contributed by atoms with E-state index in [1.807, 2.05) is 12.1 Å². The Bertz CT molecular complexity index is 1130. The number of hydrogen-bond acceptors (Lipinski definition) is 7.